The minimum atomic E-state index is 0.357. The molecule has 0 aromatic carbocycles. The first-order chi connectivity index (χ1) is 5.58. The Hall–Kier alpha value is -0.990. The van der Waals surface area contributed by atoms with Gasteiger partial charge in [0.2, 0.25) is 5.88 Å². The van der Waals surface area contributed by atoms with Gasteiger partial charge in [0.1, 0.15) is 0 Å². The zero-order valence-corrected chi connectivity index (χ0v) is 7.55. The van der Waals surface area contributed by atoms with Crippen LogP contribution < -0.4 is 5.73 Å². The van der Waals surface area contributed by atoms with Crippen molar-refractivity contribution < 1.29 is 4.52 Å². The zero-order chi connectivity index (χ0) is 8.77. The molecule has 0 spiro atoms. The Labute approximate surface area is 71.9 Å². The predicted molar refractivity (Wildman–Crippen MR) is 46.7 cm³/mol. The molecule has 0 saturated heterocycles. The summed E-state index contributed by atoms with van der Waals surface area (Å²) in [5, 5.41) is 3.95. The first-order valence-electron chi connectivity index (χ1n) is 4.31. The van der Waals surface area contributed by atoms with Gasteiger partial charge in [0.25, 0.3) is 0 Å². The van der Waals surface area contributed by atoms with Crippen molar-refractivity contribution in [3.63, 3.8) is 0 Å². The number of hydrogen-bond donors (Lipinski definition) is 1. The van der Waals surface area contributed by atoms with Crippen molar-refractivity contribution in [1.29, 1.82) is 0 Å². The summed E-state index contributed by atoms with van der Waals surface area (Å²) >= 11 is 0. The van der Waals surface area contributed by atoms with Gasteiger partial charge in [-0.3, -0.25) is 0 Å². The normalized spacial score (nSPS) is 20.5. The lowest BCUT2D eigenvalue weighted by Gasteiger charge is -2.27. The van der Waals surface area contributed by atoms with Crippen LogP contribution in [-0.2, 0) is 12.8 Å². The van der Waals surface area contributed by atoms with Gasteiger partial charge in [-0.1, -0.05) is 19.0 Å². The predicted octanol–water partition coefficient (Wildman–Crippen LogP) is 1.77. The van der Waals surface area contributed by atoms with Crippen molar-refractivity contribution in [2.75, 3.05) is 5.73 Å². The van der Waals surface area contributed by atoms with E-state index in [-0.39, 0.29) is 0 Å². The van der Waals surface area contributed by atoms with Gasteiger partial charge >= 0.3 is 0 Å². The molecule has 2 N–H and O–H groups in total. The van der Waals surface area contributed by atoms with Crippen molar-refractivity contribution in [2.24, 2.45) is 5.41 Å². The summed E-state index contributed by atoms with van der Waals surface area (Å²) in [7, 11) is 0. The summed E-state index contributed by atoms with van der Waals surface area (Å²) in [5.41, 5.74) is 8.17. The van der Waals surface area contributed by atoms with Crippen LogP contribution in [0.3, 0.4) is 0 Å². The molecule has 0 unspecified atom stereocenters. The number of nitrogens with two attached hydrogens (primary N) is 1. The molecule has 0 atom stereocenters. The molecule has 2 rings (SSSR count). The molecule has 3 nitrogen and oxygen atoms in total. The lowest BCUT2D eigenvalue weighted by molar-refractivity contribution is 0.306. The molecule has 1 aliphatic carbocycles. The van der Waals surface area contributed by atoms with Crippen molar-refractivity contribution in [2.45, 2.75) is 33.1 Å². The Morgan fingerprint density at radius 3 is 3.00 bits per heavy atom. The number of nitrogens with zero attached hydrogens (tertiary/aromatic N) is 1. The van der Waals surface area contributed by atoms with Crippen molar-refractivity contribution >= 4 is 5.88 Å². The monoisotopic (exact) mass is 166 g/mol. The second-order valence-electron chi connectivity index (χ2n) is 4.31. The Morgan fingerprint density at radius 2 is 2.25 bits per heavy atom. The summed E-state index contributed by atoms with van der Waals surface area (Å²) in [6, 6.07) is 0. The lowest BCUT2D eigenvalue weighted by atomic mass is 9.77. The maximum Gasteiger partial charge on any atom is 0.225 e. The van der Waals surface area contributed by atoms with Crippen molar-refractivity contribution in [3.8, 4) is 0 Å². The average Bonchev–Trinajstić information content (AvgIpc) is 2.30. The molecule has 1 heterocycles. The minimum absolute atomic E-state index is 0.357. The third-order valence-corrected chi connectivity index (χ3v) is 2.60. The second-order valence-corrected chi connectivity index (χ2v) is 4.31. The molecule has 0 saturated carbocycles. The number of hydrogen-bond acceptors (Lipinski definition) is 3. The molecule has 1 aromatic rings. The van der Waals surface area contributed by atoms with Gasteiger partial charge in [-0.25, -0.2) is 0 Å². The SMILES string of the molecule is CC1(C)CCc2c(noc2N)C1. The fourth-order valence-electron chi connectivity index (χ4n) is 1.77. The lowest BCUT2D eigenvalue weighted by Crippen LogP contribution is -2.22. The van der Waals surface area contributed by atoms with E-state index in [1.165, 1.54) is 6.42 Å². The van der Waals surface area contributed by atoms with Crippen LogP contribution in [0, 0.1) is 5.41 Å². The zero-order valence-electron chi connectivity index (χ0n) is 7.55. The van der Waals surface area contributed by atoms with Gasteiger partial charge in [-0.15, -0.1) is 0 Å². The van der Waals surface area contributed by atoms with E-state index in [1.807, 2.05) is 0 Å². The molecule has 0 aliphatic heterocycles. The largest absolute Gasteiger partial charge is 0.367 e. The molecule has 0 fully saturated rings. The van der Waals surface area contributed by atoms with E-state index in [4.69, 9.17) is 10.3 Å². The maximum atomic E-state index is 5.62. The quantitative estimate of drug-likeness (QED) is 0.639. The molecule has 1 aliphatic rings. The van der Waals surface area contributed by atoms with E-state index >= 15 is 0 Å². The third-order valence-electron chi connectivity index (χ3n) is 2.60. The van der Waals surface area contributed by atoms with Gasteiger partial charge in [0.05, 0.1) is 5.69 Å². The smallest absolute Gasteiger partial charge is 0.225 e. The molecular formula is C9H14N2O. The van der Waals surface area contributed by atoms with E-state index in [9.17, 15) is 0 Å². The van der Waals surface area contributed by atoms with Crippen LogP contribution in [0.5, 0.6) is 0 Å². The Balaban J connectivity index is 2.37. The highest BCUT2D eigenvalue weighted by Crippen LogP contribution is 2.36. The van der Waals surface area contributed by atoms with Gasteiger partial charge < -0.3 is 10.3 Å². The molecule has 3 heteroatoms. The molecule has 0 bridgehead atoms. The van der Waals surface area contributed by atoms with Crippen LogP contribution in [0.15, 0.2) is 4.52 Å². The Bertz CT molecular complexity index is 301. The fourth-order valence-corrected chi connectivity index (χ4v) is 1.77. The van der Waals surface area contributed by atoms with E-state index in [0.29, 0.717) is 11.3 Å². The average molecular weight is 166 g/mol. The van der Waals surface area contributed by atoms with Crippen LogP contribution in [0.25, 0.3) is 0 Å². The van der Waals surface area contributed by atoms with Gasteiger partial charge in [-0.05, 0) is 24.7 Å². The molecule has 66 valence electrons. The summed E-state index contributed by atoms with van der Waals surface area (Å²) in [6.07, 6.45) is 3.17. The van der Waals surface area contributed by atoms with Crippen LogP contribution in [0.4, 0.5) is 5.88 Å². The highest BCUT2D eigenvalue weighted by atomic mass is 16.5. The van der Waals surface area contributed by atoms with Gasteiger partial charge in [0.15, 0.2) is 0 Å². The molecule has 0 amide bonds. The number of nitrogen functional groups attached to an aromatic ring is 1. The van der Waals surface area contributed by atoms with Crippen LogP contribution in [0.2, 0.25) is 0 Å². The molecule has 12 heavy (non-hydrogen) atoms. The minimum Gasteiger partial charge on any atom is -0.367 e. The highest BCUT2D eigenvalue weighted by molar-refractivity contribution is 5.40. The van der Waals surface area contributed by atoms with Crippen LogP contribution in [-0.4, -0.2) is 5.16 Å². The highest BCUT2D eigenvalue weighted by Gasteiger charge is 2.29. The van der Waals surface area contributed by atoms with E-state index in [1.54, 1.807) is 0 Å². The van der Waals surface area contributed by atoms with Crippen molar-refractivity contribution in [3.05, 3.63) is 11.3 Å². The Morgan fingerprint density at radius 1 is 1.50 bits per heavy atom. The number of rotatable bonds is 0. The van der Waals surface area contributed by atoms with Gasteiger partial charge in [-0.2, -0.15) is 0 Å². The fraction of sp³-hybridized carbons (Fsp3) is 0.667. The molecule has 0 radical (unpaired) electrons. The first kappa shape index (κ1) is 7.65. The van der Waals surface area contributed by atoms with Crippen molar-refractivity contribution in [1.82, 2.24) is 5.16 Å². The first-order valence-corrected chi connectivity index (χ1v) is 4.31. The standard InChI is InChI=1S/C9H14N2O/c1-9(2)4-3-6-7(5-9)11-12-8(6)10/h3-5,10H2,1-2H3. The Kier molecular flexibility index (Phi) is 1.43. The van der Waals surface area contributed by atoms with E-state index in [2.05, 4.69) is 19.0 Å². The summed E-state index contributed by atoms with van der Waals surface area (Å²) < 4.78 is 4.94. The number of aromatic nitrogens is 1. The maximum absolute atomic E-state index is 5.62. The van der Waals surface area contributed by atoms with Gasteiger partial charge in [0, 0.05) is 5.56 Å². The van der Waals surface area contributed by atoms with E-state index < -0.39 is 0 Å². The summed E-state index contributed by atoms with van der Waals surface area (Å²) in [4.78, 5) is 0. The topological polar surface area (TPSA) is 52.0 Å². The van der Waals surface area contributed by atoms with Crippen LogP contribution >= 0.6 is 0 Å². The third kappa shape index (κ3) is 1.09. The van der Waals surface area contributed by atoms with Crippen LogP contribution in [0.1, 0.15) is 31.5 Å². The molecular weight excluding hydrogens is 152 g/mol. The molecule has 1 aromatic heterocycles. The van der Waals surface area contributed by atoms with E-state index in [0.717, 1.165) is 24.1 Å². The summed E-state index contributed by atoms with van der Waals surface area (Å²) in [5.74, 6) is 0.514. The summed E-state index contributed by atoms with van der Waals surface area (Å²) in [6.45, 7) is 4.50. The number of anilines is 1. The second kappa shape index (κ2) is 2.25. The number of fused-ring (bicyclic) bond motifs is 1.